The fraction of sp³-hybridized carbons (Fsp3) is 0.0312. The molecule has 6 aliphatic rings. The van der Waals surface area contributed by atoms with Crippen LogP contribution in [0.25, 0.3) is 43.8 Å². The van der Waals surface area contributed by atoms with Crippen molar-refractivity contribution in [3.05, 3.63) is 269 Å². The van der Waals surface area contributed by atoms with Crippen molar-refractivity contribution in [2.75, 3.05) is 9.80 Å². The summed E-state index contributed by atoms with van der Waals surface area (Å²) in [6.07, 6.45) is 0. The lowest BCUT2D eigenvalue weighted by Crippen LogP contribution is -2.63. The molecular weight excluding hydrogens is 808 g/mol. The van der Waals surface area contributed by atoms with Crippen LogP contribution in [0.1, 0.15) is 44.5 Å². The van der Waals surface area contributed by atoms with Crippen LogP contribution in [0.15, 0.2) is 224 Å². The van der Waals surface area contributed by atoms with Crippen molar-refractivity contribution < 1.29 is 0 Å². The standard InChI is InChI=1S/C64H37BN2/c1-3-18-40-36-58-52(34-38(40)16-1)63(46-24-9-5-20-42(46)43-21-6-10-25-47(43)63)50-28-13-30-54-61(50)66(58)56-32-15-33-57-60(56)65(54)55-31-14-29-51-62(55)67(57)59-37-41-19-4-2-17-39(41)35-53(59)64(51)48-26-11-7-22-44(48)45-23-8-12-27-49(45)64/h1-37H. The van der Waals surface area contributed by atoms with Gasteiger partial charge in [0.15, 0.2) is 0 Å². The van der Waals surface area contributed by atoms with Crippen LogP contribution in [0.5, 0.6) is 0 Å². The minimum Gasteiger partial charge on any atom is -0.311 e. The summed E-state index contributed by atoms with van der Waals surface area (Å²) in [4.78, 5) is 5.34. The number of benzene rings is 11. The summed E-state index contributed by atoms with van der Waals surface area (Å²) in [6.45, 7) is -0.0134. The Kier molecular flexibility index (Phi) is 6.20. The molecule has 0 saturated carbocycles. The van der Waals surface area contributed by atoms with Gasteiger partial charge in [-0.3, -0.25) is 0 Å². The monoisotopic (exact) mass is 844 g/mol. The molecule has 0 bridgehead atoms. The lowest BCUT2D eigenvalue weighted by atomic mass is 9.32. The molecule has 0 saturated heterocycles. The Hall–Kier alpha value is -8.40. The molecule has 0 radical (unpaired) electrons. The number of para-hydroxylation sites is 2. The van der Waals surface area contributed by atoms with Gasteiger partial charge in [-0.05, 0) is 141 Å². The van der Waals surface area contributed by atoms with Crippen LogP contribution < -0.4 is 26.2 Å². The predicted octanol–water partition coefficient (Wildman–Crippen LogP) is 13.4. The van der Waals surface area contributed by atoms with E-state index in [1.807, 2.05) is 0 Å². The van der Waals surface area contributed by atoms with Gasteiger partial charge < -0.3 is 9.80 Å². The quantitative estimate of drug-likeness (QED) is 0.140. The average Bonchev–Trinajstić information content (AvgIpc) is 3.85. The first kappa shape index (κ1) is 34.9. The van der Waals surface area contributed by atoms with Crippen LogP contribution in [-0.4, -0.2) is 6.71 Å². The molecule has 2 aliphatic carbocycles. The molecule has 11 aromatic rings. The van der Waals surface area contributed by atoms with E-state index in [1.54, 1.807) is 0 Å². The summed E-state index contributed by atoms with van der Waals surface area (Å²) in [5.74, 6) is 0. The summed E-state index contributed by atoms with van der Waals surface area (Å²) in [6, 6.07) is 86.4. The summed E-state index contributed by atoms with van der Waals surface area (Å²) in [5, 5.41) is 5.01. The molecule has 4 aliphatic heterocycles. The topological polar surface area (TPSA) is 6.48 Å². The van der Waals surface area contributed by atoms with Crippen LogP contribution in [0.2, 0.25) is 0 Å². The van der Waals surface area contributed by atoms with Gasteiger partial charge in [-0.25, -0.2) is 0 Å². The zero-order valence-corrected chi connectivity index (χ0v) is 36.3. The summed E-state index contributed by atoms with van der Waals surface area (Å²) in [5.41, 5.74) is 26.7. The zero-order valence-electron chi connectivity index (χ0n) is 36.3. The first-order chi connectivity index (χ1) is 33.3. The Labute approximate surface area is 388 Å². The molecule has 0 N–H and O–H groups in total. The lowest BCUT2D eigenvalue weighted by molar-refractivity contribution is 0.753. The number of anilines is 6. The van der Waals surface area contributed by atoms with Crippen LogP contribution in [0, 0.1) is 0 Å². The van der Waals surface area contributed by atoms with Crippen LogP contribution in [0.4, 0.5) is 34.1 Å². The zero-order chi connectivity index (χ0) is 43.3. The van der Waals surface area contributed by atoms with Crippen molar-refractivity contribution in [3.8, 4) is 22.3 Å². The highest BCUT2D eigenvalue weighted by Gasteiger charge is 2.58. The van der Waals surface area contributed by atoms with Crippen LogP contribution in [-0.2, 0) is 10.8 Å². The van der Waals surface area contributed by atoms with E-state index in [2.05, 4.69) is 234 Å². The molecule has 0 atom stereocenters. The summed E-state index contributed by atoms with van der Waals surface area (Å²) in [7, 11) is 0. The number of fused-ring (bicyclic) bond motifs is 24. The SMILES string of the molecule is c1ccc2c(c1)-c1ccccc1C21c2cc3ccccc3cc2N2c3cccc4c3B(c3cccc1c32)c1cccc2c1N4c1cc3ccccc3cc1C21c2ccccc2-c2ccccc21. The number of hydrogen-bond acceptors (Lipinski definition) is 2. The van der Waals surface area contributed by atoms with E-state index in [4.69, 9.17) is 0 Å². The Morgan fingerprint density at radius 2 is 0.597 bits per heavy atom. The Morgan fingerprint density at radius 3 is 1.00 bits per heavy atom. The fourth-order valence-corrected chi connectivity index (χ4v) is 14.5. The average molecular weight is 845 g/mol. The third-order valence-electron chi connectivity index (χ3n) is 16.8. The molecule has 306 valence electrons. The number of rotatable bonds is 0. The van der Waals surface area contributed by atoms with Gasteiger partial charge in [0.05, 0.1) is 22.2 Å². The van der Waals surface area contributed by atoms with Crippen molar-refractivity contribution in [1.82, 2.24) is 0 Å². The van der Waals surface area contributed by atoms with E-state index in [0.29, 0.717) is 0 Å². The molecule has 0 aromatic heterocycles. The Balaban J connectivity index is 1.03. The lowest BCUT2D eigenvalue weighted by Gasteiger charge is -2.53. The smallest absolute Gasteiger partial charge is 0.252 e. The highest BCUT2D eigenvalue weighted by molar-refractivity contribution is 7.00. The molecule has 2 nitrogen and oxygen atoms in total. The molecular formula is C64H37BN2. The molecule has 17 rings (SSSR count). The Bertz CT molecular complexity index is 3750. The highest BCUT2D eigenvalue weighted by atomic mass is 15.2. The Morgan fingerprint density at radius 1 is 0.269 bits per heavy atom. The molecule has 0 unspecified atom stereocenters. The van der Waals surface area contributed by atoms with Gasteiger partial charge in [0.1, 0.15) is 0 Å². The summed E-state index contributed by atoms with van der Waals surface area (Å²) < 4.78 is 0. The van der Waals surface area contributed by atoms with Gasteiger partial charge in [0, 0.05) is 22.7 Å². The molecule has 0 fully saturated rings. The highest BCUT2D eigenvalue weighted by Crippen LogP contribution is 2.67. The second-order valence-corrected chi connectivity index (χ2v) is 19.4. The van der Waals surface area contributed by atoms with Gasteiger partial charge in [-0.2, -0.15) is 0 Å². The largest absolute Gasteiger partial charge is 0.311 e. The first-order valence-electron chi connectivity index (χ1n) is 23.7. The molecule has 4 heterocycles. The van der Waals surface area contributed by atoms with Gasteiger partial charge >= 0.3 is 0 Å². The van der Waals surface area contributed by atoms with Crippen LogP contribution >= 0.6 is 0 Å². The van der Waals surface area contributed by atoms with Crippen LogP contribution in [0.3, 0.4) is 0 Å². The molecule has 11 aromatic carbocycles. The number of hydrogen-bond donors (Lipinski definition) is 0. The second-order valence-electron chi connectivity index (χ2n) is 19.4. The third kappa shape index (κ3) is 3.83. The van der Waals surface area contributed by atoms with Crippen molar-refractivity contribution in [1.29, 1.82) is 0 Å². The van der Waals surface area contributed by atoms with E-state index < -0.39 is 10.8 Å². The predicted molar refractivity (Wildman–Crippen MR) is 277 cm³/mol. The third-order valence-corrected chi connectivity index (χ3v) is 16.8. The normalized spacial score (nSPS) is 15.6. The molecule has 3 heteroatoms. The minimum absolute atomic E-state index is 0.0134. The van der Waals surface area contributed by atoms with Gasteiger partial charge in [0.25, 0.3) is 6.71 Å². The van der Waals surface area contributed by atoms with Gasteiger partial charge in [-0.15, -0.1) is 0 Å². The second kappa shape index (κ2) is 11.9. The van der Waals surface area contributed by atoms with Crippen molar-refractivity contribution in [3.63, 3.8) is 0 Å². The van der Waals surface area contributed by atoms with Crippen molar-refractivity contribution in [2.45, 2.75) is 10.8 Å². The van der Waals surface area contributed by atoms with E-state index >= 15 is 0 Å². The van der Waals surface area contributed by atoms with E-state index in [-0.39, 0.29) is 6.71 Å². The van der Waals surface area contributed by atoms with E-state index in [1.165, 1.54) is 139 Å². The maximum Gasteiger partial charge on any atom is 0.252 e. The first-order valence-corrected chi connectivity index (χ1v) is 23.7. The molecule has 2 spiro atoms. The summed E-state index contributed by atoms with van der Waals surface area (Å²) >= 11 is 0. The van der Waals surface area contributed by atoms with Gasteiger partial charge in [0.2, 0.25) is 0 Å². The molecule has 0 amide bonds. The maximum atomic E-state index is 2.67. The van der Waals surface area contributed by atoms with Gasteiger partial charge in [-0.1, -0.05) is 188 Å². The van der Waals surface area contributed by atoms with E-state index in [0.717, 1.165) is 0 Å². The minimum atomic E-state index is -0.526. The maximum absolute atomic E-state index is 2.67. The van der Waals surface area contributed by atoms with Crippen molar-refractivity contribution in [2.24, 2.45) is 0 Å². The fourth-order valence-electron chi connectivity index (χ4n) is 14.5. The molecule has 67 heavy (non-hydrogen) atoms. The van der Waals surface area contributed by atoms with Crippen molar-refractivity contribution >= 4 is 78.8 Å². The van der Waals surface area contributed by atoms with E-state index in [9.17, 15) is 0 Å². The number of nitrogens with zero attached hydrogens (tertiary/aromatic N) is 2.